The Balaban J connectivity index is 2.92. The van der Waals surface area contributed by atoms with E-state index in [-0.39, 0.29) is 5.41 Å². The minimum Gasteiger partial charge on any atom is -0.219 e. The van der Waals surface area contributed by atoms with Crippen molar-refractivity contribution in [3.63, 3.8) is 0 Å². The summed E-state index contributed by atoms with van der Waals surface area (Å²) in [4.78, 5) is 0.293. The van der Waals surface area contributed by atoms with Crippen LogP contribution in [0.3, 0.4) is 0 Å². The molecule has 1 aromatic carbocycles. The van der Waals surface area contributed by atoms with Crippen molar-refractivity contribution in [1.82, 2.24) is 0 Å². The molecule has 0 amide bonds. The van der Waals surface area contributed by atoms with Gasteiger partial charge in [0, 0.05) is 10.8 Å². The van der Waals surface area contributed by atoms with E-state index in [4.69, 9.17) is 0 Å². The smallest absolute Gasteiger partial charge is 0.200 e. The molecule has 0 saturated heterocycles. The van der Waals surface area contributed by atoms with Gasteiger partial charge in [0.25, 0.3) is 0 Å². The van der Waals surface area contributed by atoms with Gasteiger partial charge in [-0.2, -0.15) is 0 Å². The molecule has 0 radical (unpaired) electrons. The van der Waals surface area contributed by atoms with Crippen LogP contribution in [-0.2, 0) is 9.84 Å². The van der Waals surface area contributed by atoms with Gasteiger partial charge in [0.05, 0.1) is 4.90 Å². The molecule has 0 unspecified atom stereocenters. The van der Waals surface area contributed by atoms with Crippen molar-refractivity contribution in [2.45, 2.75) is 32.6 Å². The second-order valence-corrected chi connectivity index (χ2v) is 7.01. The molecule has 0 aliphatic carbocycles. The highest BCUT2D eigenvalue weighted by molar-refractivity contribution is 7.94. The quantitative estimate of drug-likeness (QED) is 0.766. The third-order valence-electron chi connectivity index (χ3n) is 2.13. The van der Waals surface area contributed by atoms with Crippen LogP contribution < -0.4 is 0 Å². The largest absolute Gasteiger partial charge is 0.219 e. The van der Waals surface area contributed by atoms with Crippen LogP contribution in [-0.4, -0.2) is 8.42 Å². The second kappa shape index (κ2) is 5.41. The number of hydrogen-bond donors (Lipinski definition) is 0. The van der Waals surface area contributed by atoms with Crippen LogP contribution in [0.25, 0.3) is 0 Å². The van der Waals surface area contributed by atoms with Crippen LogP contribution in [0, 0.1) is 24.2 Å². The lowest BCUT2D eigenvalue weighted by Crippen LogP contribution is -1.99. The predicted molar refractivity (Wildman–Crippen MR) is 74.7 cm³/mol. The van der Waals surface area contributed by atoms with Gasteiger partial charge >= 0.3 is 0 Å². The molecular weight excluding hydrogens is 244 g/mol. The number of aryl methyl sites for hydroxylation is 1. The summed E-state index contributed by atoms with van der Waals surface area (Å²) in [5, 5.41) is 1.15. The van der Waals surface area contributed by atoms with E-state index in [2.05, 4.69) is 11.8 Å². The lowest BCUT2D eigenvalue weighted by molar-refractivity contribution is 0.571. The molecule has 1 aromatic rings. The Kier molecular flexibility index (Phi) is 4.37. The highest BCUT2D eigenvalue weighted by Crippen LogP contribution is 2.13. The van der Waals surface area contributed by atoms with Crippen molar-refractivity contribution < 1.29 is 8.42 Å². The molecule has 0 aromatic heterocycles. The van der Waals surface area contributed by atoms with E-state index in [1.807, 2.05) is 27.7 Å². The molecule has 0 spiro atoms. The first-order valence-corrected chi connectivity index (χ1v) is 7.26. The van der Waals surface area contributed by atoms with E-state index in [9.17, 15) is 8.42 Å². The molecule has 0 saturated carbocycles. The summed E-state index contributed by atoms with van der Waals surface area (Å²) in [5.41, 5.74) is 0.906. The number of benzene rings is 1. The van der Waals surface area contributed by atoms with Crippen molar-refractivity contribution in [2.24, 2.45) is 5.41 Å². The maximum atomic E-state index is 11.9. The van der Waals surface area contributed by atoms with Gasteiger partial charge in [-0.15, -0.1) is 0 Å². The first kappa shape index (κ1) is 14.5. The molecule has 96 valence electrons. The summed E-state index contributed by atoms with van der Waals surface area (Å²) in [6.45, 7) is 7.84. The Labute approximate surface area is 110 Å². The zero-order valence-corrected chi connectivity index (χ0v) is 12.0. The molecule has 0 N–H and O–H groups in total. The van der Waals surface area contributed by atoms with E-state index < -0.39 is 9.84 Å². The molecular formula is C15H18O2S. The topological polar surface area (TPSA) is 34.1 Å². The Bertz CT molecular complexity index is 589. The summed E-state index contributed by atoms with van der Waals surface area (Å²) in [7, 11) is -3.38. The Morgan fingerprint density at radius 2 is 1.67 bits per heavy atom. The van der Waals surface area contributed by atoms with Crippen LogP contribution in [0.4, 0.5) is 0 Å². The lowest BCUT2D eigenvalue weighted by Gasteiger charge is -2.05. The third-order valence-corrected chi connectivity index (χ3v) is 3.55. The van der Waals surface area contributed by atoms with Gasteiger partial charge in [-0.1, -0.05) is 29.5 Å². The van der Waals surface area contributed by atoms with Crippen LogP contribution in [0.5, 0.6) is 0 Å². The molecule has 0 fully saturated rings. The molecule has 0 bridgehead atoms. The predicted octanol–water partition coefficient (Wildman–Crippen LogP) is 3.33. The summed E-state index contributed by atoms with van der Waals surface area (Å²) in [6, 6.07) is 6.77. The number of sulfone groups is 1. The molecule has 2 nitrogen and oxygen atoms in total. The van der Waals surface area contributed by atoms with Crippen molar-refractivity contribution in [1.29, 1.82) is 0 Å². The molecule has 0 atom stereocenters. The van der Waals surface area contributed by atoms with E-state index in [1.165, 1.54) is 6.08 Å². The highest BCUT2D eigenvalue weighted by Gasteiger charge is 2.08. The molecule has 0 aliphatic rings. The summed E-state index contributed by atoms with van der Waals surface area (Å²) in [5.74, 6) is 5.71. The Hall–Kier alpha value is -1.53. The third kappa shape index (κ3) is 4.77. The number of rotatable bonds is 2. The standard InChI is InChI=1S/C15H18O2S/c1-13-7-9-14(10-8-13)18(16,17)12-6-5-11-15(2,3)4/h6-10,12H,1-4H3. The maximum absolute atomic E-state index is 11.9. The van der Waals surface area contributed by atoms with E-state index in [0.717, 1.165) is 11.0 Å². The molecule has 0 aliphatic heterocycles. The molecule has 3 heteroatoms. The molecule has 1 rings (SSSR count). The van der Waals surface area contributed by atoms with Crippen LogP contribution >= 0.6 is 0 Å². The highest BCUT2D eigenvalue weighted by atomic mass is 32.2. The number of allylic oxidation sites excluding steroid dienone is 1. The Morgan fingerprint density at radius 1 is 1.11 bits per heavy atom. The summed E-state index contributed by atoms with van der Waals surface area (Å²) in [6.07, 6.45) is 1.39. The minimum absolute atomic E-state index is 0.127. The summed E-state index contributed by atoms with van der Waals surface area (Å²) >= 11 is 0. The van der Waals surface area contributed by atoms with Gasteiger partial charge in [-0.05, 0) is 45.9 Å². The monoisotopic (exact) mass is 262 g/mol. The van der Waals surface area contributed by atoms with Gasteiger partial charge < -0.3 is 0 Å². The van der Waals surface area contributed by atoms with Crippen molar-refractivity contribution >= 4 is 9.84 Å². The average molecular weight is 262 g/mol. The van der Waals surface area contributed by atoms with Crippen LogP contribution in [0.15, 0.2) is 40.6 Å². The van der Waals surface area contributed by atoms with E-state index >= 15 is 0 Å². The van der Waals surface area contributed by atoms with Crippen molar-refractivity contribution in [2.75, 3.05) is 0 Å². The van der Waals surface area contributed by atoms with Crippen LogP contribution in [0.1, 0.15) is 26.3 Å². The van der Waals surface area contributed by atoms with Gasteiger partial charge in [-0.3, -0.25) is 0 Å². The Morgan fingerprint density at radius 3 is 2.17 bits per heavy atom. The van der Waals surface area contributed by atoms with E-state index in [1.54, 1.807) is 24.3 Å². The normalized spacial score (nSPS) is 12.2. The lowest BCUT2D eigenvalue weighted by atomic mass is 9.98. The first-order chi connectivity index (χ1) is 8.21. The van der Waals surface area contributed by atoms with Gasteiger partial charge in [0.2, 0.25) is 0 Å². The van der Waals surface area contributed by atoms with Gasteiger partial charge in [-0.25, -0.2) is 8.42 Å². The first-order valence-electron chi connectivity index (χ1n) is 5.72. The maximum Gasteiger partial charge on any atom is 0.200 e. The summed E-state index contributed by atoms with van der Waals surface area (Å²) < 4.78 is 23.8. The number of hydrogen-bond acceptors (Lipinski definition) is 2. The fraction of sp³-hybridized carbons (Fsp3) is 0.333. The van der Waals surface area contributed by atoms with E-state index in [0.29, 0.717) is 4.90 Å². The fourth-order valence-corrected chi connectivity index (χ4v) is 2.11. The zero-order chi connectivity index (χ0) is 13.8. The zero-order valence-electron chi connectivity index (χ0n) is 11.2. The minimum atomic E-state index is -3.38. The molecule has 18 heavy (non-hydrogen) atoms. The average Bonchev–Trinajstić information content (AvgIpc) is 2.24. The second-order valence-electron chi connectivity index (χ2n) is 5.18. The fourth-order valence-electron chi connectivity index (χ4n) is 1.19. The van der Waals surface area contributed by atoms with Gasteiger partial charge in [0.15, 0.2) is 9.84 Å². The van der Waals surface area contributed by atoms with Crippen LogP contribution in [0.2, 0.25) is 0 Å². The van der Waals surface area contributed by atoms with Crippen molar-refractivity contribution in [3.8, 4) is 11.8 Å². The molecule has 0 heterocycles. The van der Waals surface area contributed by atoms with Crippen molar-refractivity contribution in [3.05, 3.63) is 41.3 Å². The van der Waals surface area contributed by atoms with Gasteiger partial charge in [0.1, 0.15) is 0 Å². The SMILES string of the molecule is Cc1ccc(S(=O)(=O)C=CC#CC(C)(C)C)cc1.